The van der Waals surface area contributed by atoms with Crippen LogP contribution >= 0.6 is 0 Å². The molecule has 0 N–H and O–H groups in total. The fourth-order valence-corrected chi connectivity index (χ4v) is 1.51. The molecule has 92 valence electrons. The molecule has 0 saturated heterocycles. The zero-order chi connectivity index (χ0) is 13.0. The van der Waals surface area contributed by atoms with Crippen molar-refractivity contribution in [3.05, 3.63) is 53.9 Å². The number of nitrogens with zero attached hydrogens (tertiary/aromatic N) is 2. The number of hydrogen-bond acceptors (Lipinski definition) is 3. The predicted molar refractivity (Wildman–Crippen MR) is 72.9 cm³/mol. The smallest absolute Gasteiger partial charge is 0.258 e. The number of aryl methyl sites for hydroxylation is 1. The van der Waals surface area contributed by atoms with E-state index in [1.807, 2.05) is 63.3 Å². The van der Waals surface area contributed by atoms with Crippen LogP contribution in [0.5, 0.6) is 0 Å². The molecule has 1 aromatic carbocycles. The van der Waals surface area contributed by atoms with Crippen LogP contribution in [-0.4, -0.2) is 10.1 Å². The Morgan fingerprint density at radius 2 is 1.94 bits per heavy atom. The molecular weight excluding hydrogens is 224 g/mol. The molecular formula is C15H16N2O. The average molecular weight is 240 g/mol. The van der Waals surface area contributed by atoms with Gasteiger partial charge in [-0.2, -0.15) is 4.98 Å². The van der Waals surface area contributed by atoms with Gasteiger partial charge in [-0.15, -0.1) is 0 Å². The summed E-state index contributed by atoms with van der Waals surface area (Å²) in [6.45, 7) is 5.98. The van der Waals surface area contributed by atoms with Gasteiger partial charge in [-0.1, -0.05) is 41.1 Å². The van der Waals surface area contributed by atoms with Crippen LogP contribution < -0.4 is 0 Å². The number of benzene rings is 1. The first-order valence-electron chi connectivity index (χ1n) is 5.91. The summed E-state index contributed by atoms with van der Waals surface area (Å²) >= 11 is 0. The van der Waals surface area contributed by atoms with Crippen LogP contribution in [0.2, 0.25) is 0 Å². The third kappa shape index (κ3) is 2.74. The second-order valence-corrected chi connectivity index (χ2v) is 4.16. The van der Waals surface area contributed by atoms with E-state index in [1.165, 1.54) is 5.56 Å². The van der Waals surface area contributed by atoms with E-state index in [4.69, 9.17) is 4.52 Å². The molecule has 0 aliphatic carbocycles. The highest BCUT2D eigenvalue weighted by molar-refractivity contribution is 5.61. The van der Waals surface area contributed by atoms with Crippen molar-refractivity contribution in [1.82, 2.24) is 10.1 Å². The average Bonchev–Trinajstić information content (AvgIpc) is 2.86. The van der Waals surface area contributed by atoms with Crippen molar-refractivity contribution >= 4 is 5.57 Å². The number of hydrogen-bond donors (Lipinski definition) is 0. The lowest BCUT2D eigenvalue weighted by Gasteiger charge is -1.94. The van der Waals surface area contributed by atoms with Gasteiger partial charge >= 0.3 is 0 Å². The van der Waals surface area contributed by atoms with Gasteiger partial charge in [-0.05, 0) is 38.5 Å². The molecule has 0 aliphatic rings. The van der Waals surface area contributed by atoms with Gasteiger partial charge in [0.15, 0.2) is 5.82 Å². The van der Waals surface area contributed by atoms with Gasteiger partial charge in [0, 0.05) is 5.56 Å². The van der Waals surface area contributed by atoms with E-state index < -0.39 is 0 Å². The van der Waals surface area contributed by atoms with Crippen molar-refractivity contribution in [2.45, 2.75) is 20.8 Å². The maximum atomic E-state index is 5.27. The van der Waals surface area contributed by atoms with Crippen molar-refractivity contribution in [3.63, 3.8) is 0 Å². The summed E-state index contributed by atoms with van der Waals surface area (Å²) in [6.07, 6.45) is 5.88. The van der Waals surface area contributed by atoms with Crippen LogP contribution in [0.4, 0.5) is 0 Å². The molecule has 2 rings (SSSR count). The van der Waals surface area contributed by atoms with E-state index in [0.717, 1.165) is 11.1 Å². The second kappa shape index (κ2) is 5.45. The molecule has 18 heavy (non-hydrogen) atoms. The Hall–Kier alpha value is -2.16. The lowest BCUT2D eigenvalue weighted by atomic mass is 10.1. The van der Waals surface area contributed by atoms with Crippen molar-refractivity contribution in [3.8, 4) is 11.5 Å². The zero-order valence-corrected chi connectivity index (χ0v) is 10.8. The molecule has 0 fully saturated rings. The molecule has 0 radical (unpaired) electrons. The first-order valence-corrected chi connectivity index (χ1v) is 5.91. The van der Waals surface area contributed by atoms with E-state index in [1.54, 1.807) is 0 Å². The summed E-state index contributed by atoms with van der Waals surface area (Å²) in [7, 11) is 0. The minimum Gasteiger partial charge on any atom is -0.334 e. The first-order chi connectivity index (χ1) is 8.70. The predicted octanol–water partition coefficient (Wildman–Crippen LogP) is 4.02. The molecule has 3 heteroatoms. The topological polar surface area (TPSA) is 38.9 Å². The van der Waals surface area contributed by atoms with Gasteiger partial charge in [-0.3, -0.25) is 0 Å². The highest BCUT2D eigenvalue weighted by atomic mass is 16.5. The molecule has 2 aromatic rings. The molecule has 1 aromatic heterocycles. The SMILES string of the molecule is C/C=C\C=C(/C)c1noc(-c2ccc(C)cc2)n1. The van der Waals surface area contributed by atoms with Crippen LogP contribution in [0.3, 0.4) is 0 Å². The fraction of sp³-hybridized carbons (Fsp3) is 0.200. The van der Waals surface area contributed by atoms with Gasteiger partial charge < -0.3 is 4.52 Å². The highest BCUT2D eigenvalue weighted by Crippen LogP contribution is 2.20. The molecule has 1 heterocycles. The van der Waals surface area contributed by atoms with Gasteiger partial charge in [-0.25, -0.2) is 0 Å². The van der Waals surface area contributed by atoms with Crippen LogP contribution in [0.25, 0.3) is 17.0 Å². The minimum absolute atomic E-state index is 0.554. The number of rotatable bonds is 3. The molecule has 0 atom stereocenters. The van der Waals surface area contributed by atoms with E-state index in [2.05, 4.69) is 10.1 Å². The summed E-state index contributed by atoms with van der Waals surface area (Å²) in [6, 6.07) is 8.03. The summed E-state index contributed by atoms with van der Waals surface area (Å²) in [4.78, 5) is 4.38. The second-order valence-electron chi connectivity index (χ2n) is 4.16. The minimum atomic E-state index is 0.554. The molecule has 3 nitrogen and oxygen atoms in total. The standard InChI is InChI=1S/C15H16N2O/c1-4-5-6-12(3)14-16-15(18-17-14)13-9-7-11(2)8-10-13/h4-10H,1-3H3/b5-4-,12-6+. The normalized spacial score (nSPS) is 12.3. The lowest BCUT2D eigenvalue weighted by molar-refractivity contribution is 0.428. The third-order valence-corrected chi connectivity index (χ3v) is 2.62. The third-order valence-electron chi connectivity index (χ3n) is 2.62. The molecule has 0 aliphatic heterocycles. The van der Waals surface area contributed by atoms with Gasteiger partial charge in [0.2, 0.25) is 0 Å². The number of aromatic nitrogens is 2. The summed E-state index contributed by atoms with van der Waals surface area (Å²) in [5.74, 6) is 1.18. The van der Waals surface area contributed by atoms with E-state index in [0.29, 0.717) is 11.7 Å². The van der Waals surface area contributed by atoms with Crippen LogP contribution in [0, 0.1) is 6.92 Å². The van der Waals surface area contributed by atoms with Crippen LogP contribution in [-0.2, 0) is 0 Å². The van der Waals surface area contributed by atoms with E-state index in [-0.39, 0.29) is 0 Å². The maximum absolute atomic E-state index is 5.27. The largest absolute Gasteiger partial charge is 0.334 e. The van der Waals surface area contributed by atoms with Gasteiger partial charge in [0.1, 0.15) is 0 Å². The van der Waals surface area contributed by atoms with Gasteiger partial charge in [0.25, 0.3) is 5.89 Å². The highest BCUT2D eigenvalue weighted by Gasteiger charge is 2.09. The maximum Gasteiger partial charge on any atom is 0.258 e. The first kappa shape index (κ1) is 12.3. The molecule has 0 saturated carbocycles. The quantitative estimate of drug-likeness (QED) is 0.760. The summed E-state index contributed by atoms with van der Waals surface area (Å²) in [5, 5.41) is 3.98. The Labute approximate surface area is 107 Å². The number of allylic oxidation sites excluding steroid dienone is 4. The van der Waals surface area contributed by atoms with E-state index >= 15 is 0 Å². The molecule has 0 spiro atoms. The zero-order valence-electron chi connectivity index (χ0n) is 10.8. The van der Waals surface area contributed by atoms with Gasteiger partial charge in [0.05, 0.1) is 0 Å². The Morgan fingerprint density at radius 1 is 1.22 bits per heavy atom. The fourth-order valence-electron chi connectivity index (χ4n) is 1.51. The molecule has 0 amide bonds. The monoisotopic (exact) mass is 240 g/mol. The van der Waals surface area contributed by atoms with E-state index in [9.17, 15) is 0 Å². The van der Waals surface area contributed by atoms with Crippen molar-refractivity contribution < 1.29 is 4.52 Å². The summed E-state index contributed by atoms with van der Waals surface area (Å²) < 4.78 is 5.27. The van der Waals surface area contributed by atoms with Crippen LogP contribution in [0.1, 0.15) is 25.2 Å². The Morgan fingerprint density at radius 3 is 2.61 bits per heavy atom. The summed E-state index contributed by atoms with van der Waals surface area (Å²) in [5.41, 5.74) is 3.14. The van der Waals surface area contributed by atoms with Crippen molar-refractivity contribution in [2.75, 3.05) is 0 Å². The molecule has 0 bridgehead atoms. The Bertz CT molecular complexity index is 577. The van der Waals surface area contributed by atoms with Crippen molar-refractivity contribution in [1.29, 1.82) is 0 Å². The Balaban J connectivity index is 2.28. The molecule has 0 unspecified atom stereocenters. The van der Waals surface area contributed by atoms with Crippen LogP contribution in [0.15, 0.2) is 47.0 Å². The lowest BCUT2D eigenvalue weighted by Crippen LogP contribution is -1.83. The Kier molecular flexibility index (Phi) is 3.72. The van der Waals surface area contributed by atoms with Crippen molar-refractivity contribution in [2.24, 2.45) is 0 Å².